The highest BCUT2D eigenvalue weighted by molar-refractivity contribution is 7.92. The average Bonchev–Trinajstić information content (AvgIpc) is 2.70. The summed E-state index contributed by atoms with van der Waals surface area (Å²) in [4.78, 5) is 11.2. The van der Waals surface area contributed by atoms with Crippen LogP contribution in [0.3, 0.4) is 0 Å². The molecule has 0 saturated heterocycles. The highest BCUT2D eigenvalue weighted by Crippen LogP contribution is 2.34. The van der Waals surface area contributed by atoms with Crippen molar-refractivity contribution in [3.63, 3.8) is 0 Å². The Bertz CT molecular complexity index is 1170. The van der Waals surface area contributed by atoms with Gasteiger partial charge in [-0.15, -0.1) is 0 Å². The van der Waals surface area contributed by atoms with Crippen LogP contribution in [0.1, 0.15) is 6.92 Å². The maximum absolute atomic E-state index is 13.0. The first-order valence-electron chi connectivity index (χ1n) is 8.79. The number of hydrogen-bond donors (Lipinski definition) is 2. The number of ether oxygens (including phenoxy) is 2. The van der Waals surface area contributed by atoms with Crippen LogP contribution in [0.25, 0.3) is 0 Å². The smallest absolute Gasteiger partial charge is 0.262 e. The van der Waals surface area contributed by atoms with E-state index >= 15 is 0 Å². The Balaban J connectivity index is 1.93. The van der Waals surface area contributed by atoms with Crippen LogP contribution in [0.5, 0.6) is 17.2 Å². The van der Waals surface area contributed by atoms with Gasteiger partial charge in [0, 0.05) is 18.0 Å². The van der Waals surface area contributed by atoms with Gasteiger partial charge in [0.25, 0.3) is 10.0 Å². The Morgan fingerprint density at radius 1 is 0.933 bits per heavy atom. The van der Waals surface area contributed by atoms with Gasteiger partial charge in [-0.3, -0.25) is 9.52 Å². The summed E-state index contributed by atoms with van der Waals surface area (Å²) < 4.78 is 39.4. The molecular weight excluding hydrogens is 428 g/mol. The number of sulfonamides is 1. The highest BCUT2D eigenvalue weighted by atomic mass is 35.5. The standard InChI is InChI=1S/C21H19ClN2O5S/c1-14(25)23-18-10-9-17(13-21(18)28-2)30(26,27)24-19-12-15(22)8-11-20(19)29-16-6-4-3-5-7-16/h3-13,24H,1-2H3,(H,23,25). The fourth-order valence-electron chi connectivity index (χ4n) is 2.62. The van der Waals surface area contributed by atoms with Crippen LogP contribution < -0.4 is 19.5 Å². The Morgan fingerprint density at radius 2 is 1.67 bits per heavy atom. The van der Waals surface area contributed by atoms with Crippen LogP contribution in [0.2, 0.25) is 5.02 Å². The predicted octanol–water partition coefficient (Wildman–Crippen LogP) is 4.90. The topological polar surface area (TPSA) is 93.7 Å². The van der Waals surface area contributed by atoms with Crippen molar-refractivity contribution in [2.24, 2.45) is 0 Å². The summed E-state index contributed by atoms with van der Waals surface area (Å²) in [6.45, 7) is 1.35. The van der Waals surface area contributed by atoms with Gasteiger partial charge in [0.1, 0.15) is 11.5 Å². The third-order valence-electron chi connectivity index (χ3n) is 3.95. The molecule has 0 atom stereocenters. The molecule has 2 N–H and O–H groups in total. The molecule has 7 nitrogen and oxygen atoms in total. The summed E-state index contributed by atoms with van der Waals surface area (Å²) in [5.74, 6) is 0.737. The Labute approximate surface area is 179 Å². The molecule has 0 aromatic heterocycles. The first-order valence-corrected chi connectivity index (χ1v) is 10.7. The number of anilines is 2. The molecular formula is C21H19ClN2O5S. The third kappa shape index (κ3) is 5.22. The maximum Gasteiger partial charge on any atom is 0.262 e. The zero-order chi connectivity index (χ0) is 21.7. The van der Waals surface area contributed by atoms with E-state index in [4.69, 9.17) is 21.1 Å². The zero-order valence-electron chi connectivity index (χ0n) is 16.2. The van der Waals surface area contributed by atoms with E-state index in [1.165, 1.54) is 38.3 Å². The fraction of sp³-hybridized carbons (Fsp3) is 0.0952. The van der Waals surface area contributed by atoms with Gasteiger partial charge in [-0.1, -0.05) is 29.8 Å². The van der Waals surface area contributed by atoms with E-state index in [1.54, 1.807) is 36.4 Å². The number of para-hydroxylation sites is 1. The molecule has 0 saturated carbocycles. The van der Waals surface area contributed by atoms with Crippen molar-refractivity contribution < 1.29 is 22.7 Å². The normalized spacial score (nSPS) is 10.9. The van der Waals surface area contributed by atoms with E-state index in [0.717, 1.165) is 0 Å². The van der Waals surface area contributed by atoms with E-state index in [-0.39, 0.29) is 28.0 Å². The summed E-state index contributed by atoms with van der Waals surface area (Å²) in [5.41, 5.74) is 0.538. The minimum absolute atomic E-state index is 0.0564. The lowest BCUT2D eigenvalue weighted by atomic mass is 10.3. The molecule has 9 heteroatoms. The van der Waals surface area contributed by atoms with Crippen LogP contribution in [0.4, 0.5) is 11.4 Å². The summed E-state index contributed by atoms with van der Waals surface area (Å²) in [6.07, 6.45) is 0. The highest BCUT2D eigenvalue weighted by Gasteiger charge is 2.20. The minimum atomic E-state index is -4.00. The summed E-state index contributed by atoms with van der Waals surface area (Å²) in [7, 11) is -2.62. The van der Waals surface area contributed by atoms with Gasteiger partial charge in [0.05, 0.1) is 23.4 Å². The fourth-order valence-corrected chi connectivity index (χ4v) is 3.87. The molecule has 0 aliphatic rings. The number of rotatable bonds is 7. The minimum Gasteiger partial charge on any atom is -0.495 e. The first kappa shape index (κ1) is 21.5. The van der Waals surface area contributed by atoms with E-state index in [2.05, 4.69) is 10.0 Å². The van der Waals surface area contributed by atoms with Crippen molar-refractivity contribution in [3.8, 4) is 17.2 Å². The van der Waals surface area contributed by atoms with Crippen LogP contribution in [-0.2, 0) is 14.8 Å². The summed E-state index contributed by atoms with van der Waals surface area (Å²) in [6, 6.07) is 17.7. The molecule has 3 rings (SSSR count). The molecule has 0 aliphatic heterocycles. The molecule has 1 amide bonds. The summed E-state index contributed by atoms with van der Waals surface area (Å²) in [5, 5.41) is 2.92. The molecule has 0 fully saturated rings. The van der Waals surface area contributed by atoms with Gasteiger partial charge >= 0.3 is 0 Å². The largest absolute Gasteiger partial charge is 0.495 e. The van der Waals surface area contributed by atoms with Gasteiger partial charge in [0.15, 0.2) is 5.75 Å². The van der Waals surface area contributed by atoms with E-state index in [9.17, 15) is 13.2 Å². The number of methoxy groups -OCH3 is 1. The molecule has 0 aliphatic carbocycles. The lowest BCUT2D eigenvalue weighted by Gasteiger charge is -2.15. The Kier molecular flexibility index (Phi) is 6.49. The van der Waals surface area contributed by atoms with Gasteiger partial charge in [-0.2, -0.15) is 0 Å². The van der Waals surface area contributed by atoms with Crippen molar-refractivity contribution in [3.05, 3.63) is 71.8 Å². The van der Waals surface area contributed by atoms with Gasteiger partial charge in [-0.05, 0) is 42.5 Å². The summed E-state index contributed by atoms with van der Waals surface area (Å²) >= 11 is 6.06. The molecule has 156 valence electrons. The van der Waals surface area contributed by atoms with Crippen LogP contribution in [-0.4, -0.2) is 21.4 Å². The second-order valence-electron chi connectivity index (χ2n) is 6.20. The number of nitrogens with one attached hydrogen (secondary N) is 2. The average molecular weight is 447 g/mol. The van der Waals surface area contributed by atoms with Crippen molar-refractivity contribution in [1.82, 2.24) is 0 Å². The monoisotopic (exact) mass is 446 g/mol. The lowest BCUT2D eigenvalue weighted by Crippen LogP contribution is -2.14. The van der Waals surface area contributed by atoms with E-state index < -0.39 is 10.0 Å². The molecule has 0 bridgehead atoms. The van der Waals surface area contributed by atoms with Gasteiger partial charge < -0.3 is 14.8 Å². The van der Waals surface area contributed by atoms with Gasteiger partial charge in [0.2, 0.25) is 5.91 Å². The second-order valence-corrected chi connectivity index (χ2v) is 8.32. The Morgan fingerprint density at radius 3 is 2.33 bits per heavy atom. The van der Waals surface area contributed by atoms with Gasteiger partial charge in [-0.25, -0.2) is 8.42 Å². The molecule has 3 aromatic carbocycles. The first-order chi connectivity index (χ1) is 14.3. The van der Waals surface area contributed by atoms with Crippen LogP contribution in [0.15, 0.2) is 71.6 Å². The van der Waals surface area contributed by atoms with Crippen molar-refractivity contribution in [1.29, 1.82) is 0 Å². The van der Waals surface area contributed by atoms with E-state index in [0.29, 0.717) is 16.5 Å². The number of carbonyl (C=O) groups excluding carboxylic acids is 1. The predicted molar refractivity (Wildman–Crippen MR) is 116 cm³/mol. The molecule has 0 radical (unpaired) electrons. The van der Waals surface area contributed by atoms with Crippen molar-refractivity contribution in [2.75, 3.05) is 17.1 Å². The molecule has 30 heavy (non-hydrogen) atoms. The number of amides is 1. The maximum atomic E-state index is 13.0. The number of halogens is 1. The molecule has 0 heterocycles. The molecule has 0 spiro atoms. The van der Waals surface area contributed by atoms with E-state index in [1.807, 2.05) is 6.07 Å². The number of carbonyl (C=O) groups is 1. The van der Waals surface area contributed by atoms with Crippen LogP contribution >= 0.6 is 11.6 Å². The Hall–Kier alpha value is -3.23. The van der Waals surface area contributed by atoms with Crippen molar-refractivity contribution in [2.45, 2.75) is 11.8 Å². The number of hydrogen-bond acceptors (Lipinski definition) is 5. The zero-order valence-corrected chi connectivity index (χ0v) is 17.8. The third-order valence-corrected chi connectivity index (χ3v) is 5.55. The molecule has 3 aromatic rings. The van der Waals surface area contributed by atoms with Crippen molar-refractivity contribution >= 4 is 38.9 Å². The molecule has 0 unspecified atom stereocenters. The number of benzene rings is 3. The second kappa shape index (κ2) is 9.06. The lowest BCUT2D eigenvalue weighted by molar-refractivity contribution is -0.114. The van der Waals surface area contributed by atoms with Crippen LogP contribution in [0, 0.1) is 0 Å². The quantitative estimate of drug-likeness (QED) is 0.538. The SMILES string of the molecule is COc1cc(S(=O)(=O)Nc2cc(Cl)ccc2Oc2ccccc2)ccc1NC(C)=O.